The Morgan fingerprint density at radius 1 is 1.18 bits per heavy atom. The van der Waals surface area contributed by atoms with Crippen molar-refractivity contribution < 1.29 is 9.53 Å². The summed E-state index contributed by atoms with van der Waals surface area (Å²) in [5.74, 6) is 8.29. The van der Waals surface area contributed by atoms with Crippen molar-refractivity contribution in [2.24, 2.45) is 0 Å². The van der Waals surface area contributed by atoms with Crippen molar-refractivity contribution in [1.82, 2.24) is 39.4 Å². The van der Waals surface area contributed by atoms with Gasteiger partial charge < -0.3 is 15.0 Å². The molecule has 0 aliphatic carbocycles. The van der Waals surface area contributed by atoms with E-state index in [9.17, 15) is 4.79 Å². The number of rotatable bonds is 5. The van der Waals surface area contributed by atoms with Crippen molar-refractivity contribution in [1.29, 1.82) is 0 Å². The molecule has 1 N–H and O–H groups in total. The maximum atomic E-state index is 12.1. The number of hydrogen-bond donors (Lipinski definition) is 1. The van der Waals surface area contributed by atoms with Gasteiger partial charge in [0.05, 0.1) is 12.2 Å². The van der Waals surface area contributed by atoms with Crippen LogP contribution in [0.5, 0.6) is 11.5 Å². The molecule has 1 aromatic carbocycles. The Hall–Kier alpha value is -5.37. The molecule has 5 aromatic rings. The van der Waals surface area contributed by atoms with Gasteiger partial charge in [-0.25, -0.2) is 29.4 Å². The highest BCUT2D eigenvalue weighted by atomic mass is 16.5. The predicted octanol–water partition coefficient (Wildman–Crippen LogP) is 3.84. The minimum atomic E-state index is -0.179. The summed E-state index contributed by atoms with van der Waals surface area (Å²) in [7, 11) is 0. The standard InChI is InChI=1S/C28H23N9O2/c1-3-26(38)36-11-4-5-20(36)7-9-24-29-15-22-27(35-24)28(32-16-30-22)34-19-6-8-23(18(2)13-19)39-21-10-12-37-25(14-21)31-17-33-37/h3,6,8,10,12-17,20H,1,4-5,11H2,2H3,(H,30,32,34)/t20-/m0/s1. The molecule has 11 heteroatoms. The molecule has 0 radical (unpaired) electrons. The number of hydrogen-bond acceptors (Lipinski definition) is 9. The minimum Gasteiger partial charge on any atom is -0.457 e. The van der Waals surface area contributed by atoms with Gasteiger partial charge in [-0.3, -0.25) is 4.79 Å². The molecule has 1 saturated heterocycles. The number of amides is 1. The van der Waals surface area contributed by atoms with Gasteiger partial charge in [0.25, 0.3) is 0 Å². The van der Waals surface area contributed by atoms with Gasteiger partial charge in [-0.05, 0) is 61.6 Å². The normalized spacial score (nSPS) is 14.7. The van der Waals surface area contributed by atoms with Gasteiger partial charge in [0.1, 0.15) is 35.2 Å². The van der Waals surface area contributed by atoms with Gasteiger partial charge >= 0.3 is 0 Å². The Morgan fingerprint density at radius 3 is 2.97 bits per heavy atom. The highest BCUT2D eigenvalue weighted by Gasteiger charge is 2.25. The Morgan fingerprint density at radius 2 is 2.10 bits per heavy atom. The maximum absolute atomic E-state index is 12.1. The van der Waals surface area contributed by atoms with Crippen LogP contribution in [-0.2, 0) is 4.79 Å². The zero-order valence-corrected chi connectivity index (χ0v) is 21.1. The smallest absolute Gasteiger partial charge is 0.246 e. The second kappa shape index (κ2) is 10.2. The van der Waals surface area contributed by atoms with E-state index < -0.39 is 0 Å². The van der Waals surface area contributed by atoms with Gasteiger partial charge in [0.15, 0.2) is 11.5 Å². The monoisotopic (exact) mass is 517 g/mol. The van der Waals surface area contributed by atoms with E-state index in [2.05, 4.69) is 53.8 Å². The molecule has 6 rings (SSSR count). The fraction of sp³-hybridized carbons (Fsp3) is 0.179. The number of nitrogens with zero attached hydrogens (tertiary/aromatic N) is 8. The van der Waals surface area contributed by atoms with Gasteiger partial charge in [-0.15, -0.1) is 0 Å². The molecule has 11 nitrogen and oxygen atoms in total. The molecule has 1 fully saturated rings. The van der Waals surface area contributed by atoms with E-state index >= 15 is 0 Å². The first-order chi connectivity index (χ1) is 19.1. The van der Waals surface area contributed by atoms with E-state index in [0.717, 1.165) is 24.1 Å². The minimum absolute atomic E-state index is 0.116. The summed E-state index contributed by atoms with van der Waals surface area (Å²) in [5.41, 5.74) is 3.57. The molecule has 1 aliphatic heterocycles. The third-order valence-electron chi connectivity index (χ3n) is 6.36. The van der Waals surface area contributed by atoms with Crippen LogP contribution in [-0.4, -0.2) is 57.9 Å². The van der Waals surface area contributed by atoms with Crippen LogP contribution < -0.4 is 10.1 Å². The summed E-state index contributed by atoms with van der Waals surface area (Å²) in [4.78, 5) is 35.6. The Bertz CT molecular complexity index is 1790. The fourth-order valence-corrected chi connectivity index (χ4v) is 4.42. The highest BCUT2D eigenvalue weighted by molar-refractivity contribution is 5.88. The quantitative estimate of drug-likeness (QED) is 0.274. The fourth-order valence-electron chi connectivity index (χ4n) is 4.42. The Balaban J connectivity index is 1.23. The Kier molecular flexibility index (Phi) is 6.26. The molecule has 0 spiro atoms. The lowest BCUT2D eigenvalue weighted by atomic mass is 10.2. The number of anilines is 2. The van der Waals surface area contributed by atoms with Gasteiger partial charge in [0.2, 0.25) is 11.7 Å². The summed E-state index contributed by atoms with van der Waals surface area (Å²) in [6.45, 7) is 6.21. The number of fused-ring (bicyclic) bond motifs is 2. The van der Waals surface area contributed by atoms with E-state index in [4.69, 9.17) is 4.74 Å². The first kappa shape index (κ1) is 24.0. The summed E-state index contributed by atoms with van der Waals surface area (Å²) in [5, 5.41) is 7.42. The van der Waals surface area contributed by atoms with Crippen LogP contribution in [0.2, 0.25) is 0 Å². The first-order valence-corrected chi connectivity index (χ1v) is 12.3. The number of carbonyl (C=O) groups excluding carboxylic acids is 1. The topological polar surface area (TPSA) is 123 Å². The summed E-state index contributed by atoms with van der Waals surface area (Å²) >= 11 is 0. The molecule has 39 heavy (non-hydrogen) atoms. The molecule has 4 aromatic heterocycles. The van der Waals surface area contributed by atoms with Crippen LogP contribution in [0.15, 0.2) is 68.0 Å². The second-order valence-electron chi connectivity index (χ2n) is 8.95. The maximum Gasteiger partial charge on any atom is 0.246 e. The van der Waals surface area contributed by atoms with E-state index in [1.54, 1.807) is 21.8 Å². The molecule has 0 saturated carbocycles. The SMILES string of the molecule is C=CC(=O)N1CCC[C@H]1C#Cc1ncc2ncnc(Nc3ccc(Oc4ccn5ncnc5c4)c(C)c3)c2n1. The van der Waals surface area contributed by atoms with Crippen molar-refractivity contribution in [3.05, 3.63) is 79.4 Å². The number of benzene rings is 1. The second-order valence-corrected chi connectivity index (χ2v) is 8.95. The number of ether oxygens (including phenoxy) is 1. The number of aryl methyl sites for hydroxylation is 1. The number of carbonyl (C=O) groups is 1. The van der Waals surface area contributed by atoms with Crippen molar-refractivity contribution in [3.8, 4) is 23.3 Å². The lowest BCUT2D eigenvalue weighted by Gasteiger charge is -2.18. The van der Waals surface area contributed by atoms with Crippen LogP contribution >= 0.6 is 0 Å². The predicted molar refractivity (Wildman–Crippen MR) is 144 cm³/mol. The average molecular weight is 518 g/mol. The molecule has 192 valence electrons. The summed E-state index contributed by atoms with van der Waals surface area (Å²) in [6.07, 6.45) is 9.41. The lowest BCUT2D eigenvalue weighted by Crippen LogP contribution is -2.33. The van der Waals surface area contributed by atoms with Crippen LogP contribution in [0.4, 0.5) is 11.5 Å². The number of likely N-dealkylation sites (tertiary alicyclic amines) is 1. The highest BCUT2D eigenvalue weighted by Crippen LogP contribution is 2.29. The van der Waals surface area contributed by atoms with Crippen molar-refractivity contribution >= 4 is 34.1 Å². The van der Waals surface area contributed by atoms with Crippen LogP contribution in [0.25, 0.3) is 16.7 Å². The zero-order chi connectivity index (χ0) is 26.8. The van der Waals surface area contributed by atoms with E-state index in [-0.39, 0.29) is 11.9 Å². The zero-order valence-electron chi connectivity index (χ0n) is 21.1. The third kappa shape index (κ3) is 4.95. The van der Waals surface area contributed by atoms with Crippen LogP contribution in [0, 0.1) is 18.8 Å². The molecule has 1 aliphatic rings. The molecule has 0 unspecified atom stereocenters. The van der Waals surface area contributed by atoms with Gasteiger partial charge in [0, 0.05) is 24.5 Å². The van der Waals surface area contributed by atoms with Gasteiger partial charge in [-0.1, -0.05) is 12.5 Å². The summed E-state index contributed by atoms with van der Waals surface area (Å²) in [6, 6.07) is 9.24. The molecular weight excluding hydrogens is 494 g/mol. The van der Waals surface area contributed by atoms with Crippen LogP contribution in [0.3, 0.4) is 0 Å². The van der Waals surface area contributed by atoms with E-state index in [1.807, 2.05) is 37.3 Å². The largest absolute Gasteiger partial charge is 0.457 e. The molecule has 0 bridgehead atoms. The average Bonchev–Trinajstić information content (AvgIpc) is 3.62. The van der Waals surface area contributed by atoms with Gasteiger partial charge in [-0.2, -0.15) is 5.10 Å². The van der Waals surface area contributed by atoms with E-state index in [1.165, 1.54) is 18.7 Å². The van der Waals surface area contributed by atoms with Crippen molar-refractivity contribution in [2.45, 2.75) is 25.8 Å². The van der Waals surface area contributed by atoms with E-state index in [0.29, 0.717) is 46.4 Å². The number of nitrogens with one attached hydrogen (secondary N) is 1. The van der Waals surface area contributed by atoms with Crippen molar-refractivity contribution in [2.75, 3.05) is 11.9 Å². The van der Waals surface area contributed by atoms with Crippen LogP contribution in [0.1, 0.15) is 24.2 Å². The van der Waals surface area contributed by atoms with Crippen molar-refractivity contribution in [3.63, 3.8) is 0 Å². The molecular formula is C28H23N9O2. The third-order valence-corrected chi connectivity index (χ3v) is 6.36. The molecule has 5 heterocycles. The number of aromatic nitrogens is 7. The Labute approximate surface area is 223 Å². The molecule has 1 atom stereocenters. The summed E-state index contributed by atoms with van der Waals surface area (Å²) < 4.78 is 7.75. The molecule has 1 amide bonds. The number of pyridine rings is 1. The first-order valence-electron chi connectivity index (χ1n) is 12.3. The lowest BCUT2D eigenvalue weighted by molar-refractivity contribution is -0.125.